The maximum atomic E-state index is 14.7. The van der Waals surface area contributed by atoms with Gasteiger partial charge in [0, 0.05) is 25.2 Å². The van der Waals surface area contributed by atoms with Crippen molar-refractivity contribution in [2.24, 2.45) is 5.92 Å². The molecule has 36 heavy (non-hydrogen) atoms. The molecule has 9 nitrogen and oxygen atoms in total. The molecule has 12 heteroatoms. The van der Waals surface area contributed by atoms with E-state index in [1.54, 1.807) is 20.8 Å². The fourth-order valence-electron chi connectivity index (χ4n) is 4.35. The molecule has 3 rings (SSSR count). The number of ether oxygens (including phenoxy) is 2. The van der Waals surface area contributed by atoms with E-state index in [0.717, 1.165) is 42.1 Å². The molecule has 1 heterocycles. The first-order valence-electron chi connectivity index (χ1n) is 12.3. The molecule has 1 aromatic carbocycles. The number of carbonyl (C=O) groups is 2. The highest BCUT2D eigenvalue weighted by Gasteiger charge is 2.31. The lowest BCUT2D eigenvalue weighted by molar-refractivity contribution is 0.0498. The van der Waals surface area contributed by atoms with Gasteiger partial charge >= 0.3 is 16.3 Å². The van der Waals surface area contributed by atoms with Crippen LogP contribution in [0.3, 0.4) is 0 Å². The Morgan fingerprint density at radius 3 is 2.47 bits per heavy atom. The lowest BCUT2D eigenvalue weighted by Gasteiger charge is -2.26. The van der Waals surface area contributed by atoms with Crippen LogP contribution in [0.5, 0.6) is 5.75 Å². The Bertz CT molecular complexity index is 1060. The van der Waals surface area contributed by atoms with Crippen LogP contribution < -0.4 is 14.8 Å². The quantitative estimate of drug-likeness (QED) is 0.523. The molecule has 2 aliphatic rings. The smallest absolute Gasteiger partial charge is 0.407 e. The molecule has 0 spiro atoms. The van der Waals surface area contributed by atoms with Crippen molar-refractivity contribution < 1.29 is 31.9 Å². The van der Waals surface area contributed by atoms with Gasteiger partial charge in [0.1, 0.15) is 17.2 Å². The molecular weight excluding hydrogens is 513 g/mol. The van der Waals surface area contributed by atoms with Crippen LogP contribution in [0.4, 0.5) is 9.18 Å². The summed E-state index contributed by atoms with van der Waals surface area (Å²) in [7, 11) is -4.32. The van der Waals surface area contributed by atoms with Crippen molar-refractivity contribution in [2.75, 3.05) is 19.7 Å². The molecule has 1 aliphatic carbocycles. The summed E-state index contributed by atoms with van der Waals surface area (Å²) < 4.78 is 54.6. The van der Waals surface area contributed by atoms with Crippen LogP contribution in [-0.4, -0.2) is 56.1 Å². The number of carbonyl (C=O) groups excluding carboxylic acids is 2. The molecular formula is C24H35ClFN3O6S. The van der Waals surface area contributed by atoms with Crippen LogP contribution in [0.1, 0.15) is 76.1 Å². The van der Waals surface area contributed by atoms with E-state index in [1.807, 2.05) is 4.72 Å². The second-order valence-corrected chi connectivity index (χ2v) is 12.4. The summed E-state index contributed by atoms with van der Waals surface area (Å²) in [5.41, 5.74) is -1.20. The summed E-state index contributed by atoms with van der Waals surface area (Å²) in [6.07, 6.45) is 5.47. The van der Waals surface area contributed by atoms with E-state index < -0.39 is 45.2 Å². The Morgan fingerprint density at radius 2 is 1.81 bits per heavy atom. The van der Waals surface area contributed by atoms with E-state index in [9.17, 15) is 22.4 Å². The highest BCUT2D eigenvalue weighted by molar-refractivity contribution is 7.87. The van der Waals surface area contributed by atoms with Crippen LogP contribution in [0.15, 0.2) is 12.1 Å². The van der Waals surface area contributed by atoms with Crippen molar-refractivity contribution in [2.45, 2.75) is 77.4 Å². The van der Waals surface area contributed by atoms with Gasteiger partial charge in [-0.15, -0.1) is 0 Å². The molecule has 1 saturated carbocycles. The fraction of sp³-hybridized carbons (Fsp3) is 0.667. The van der Waals surface area contributed by atoms with Crippen LogP contribution in [0, 0.1) is 11.7 Å². The van der Waals surface area contributed by atoms with E-state index in [4.69, 9.17) is 21.1 Å². The van der Waals surface area contributed by atoms with Crippen LogP contribution in [-0.2, 0) is 14.9 Å². The second kappa shape index (κ2) is 12.0. The van der Waals surface area contributed by atoms with Crippen molar-refractivity contribution >= 4 is 33.8 Å². The average Bonchev–Trinajstić information content (AvgIpc) is 3.16. The number of hydrogen-bond donors (Lipinski definition) is 2. The van der Waals surface area contributed by atoms with Gasteiger partial charge in [-0.25, -0.2) is 13.9 Å². The third-order valence-corrected chi connectivity index (χ3v) is 7.88. The number of halogens is 2. The molecule has 1 saturated heterocycles. The van der Waals surface area contributed by atoms with E-state index in [2.05, 4.69) is 5.32 Å². The van der Waals surface area contributed by atoms with Crippen molar-refractivity contribution in [3.8, 4) is 5.75 Å². The van der Waals surface area contributed by atoms with Gasteiger partial charge in [0.2, 0.25) is 0 Å². The van der Waals surface area contributed by atoms with Gasteiger partial charge in [-0.3, -0.25) is 4.79 Å². The molecule has 0 unspecified atom stereocenters. The second-order valence-electron chi connectivity index (χ2n) is 10.4. The van der Waals surface area contributed by atoms with Crippen LogP contribution in [0.2, 0.25) is 5.02 Å². The topological polar surface area (TPSA) is 114 Å². The number of alkyl carbamates (subject to hydrolysis) is 1. The summed E-state index contributed by atoms with van der Waals surface area (Å²) in [4.78, 5) is 24.9. The predicted octanol–water partition coefficient (Wildman–Crippen LogP) is 4.40. The number of amides is 2. The minimum atomic E-state index is -4.32. The van der Waals surface area contributed by atoms with Gasteiger partial charge in [0.15, 0.2) is 0 Å². The maximum Gasteiger partial charge on any atom is 0.407 e. The normalized spacial score (nSPS) is 20.0. The molecule has 1 aromatic rings. The molecule has 2 fully saturated rings. The number of nitrogens with zero attached hydrogens (tertiary/aromatic N) is 1. The Balaban J connectivity index is 1.64. The zero-order chi connectivity index (χ0) is 26.5. The Hall–Kier alpha value is -2.11. The molecule has 0 aromatic heterocycles. The minimum absolute atomic E-state index is 0.0216. The molecule has 202 valence electrons. The van der Waals surface area contributed by atoms with Gasteiger partial charge in [-0.1, -0.05) is 30.9 Å². The van der Waals surface area contributed by atoms with E-state index in [1.165, 1.54) is 0 Å². The molecule has 1 atom stereocenters. The fourth-order valence-corrected chi connectivity index (χ4v) is 5.79. The van der Waals surface area contributed by atoms with Gasteiger partial charge in [-0.2, -0.15) is 12.7 Å². The maximum absolute atomic E-state index is 14.7. The Kier molecular flexibility index (Phi) is 9.45. The van der Waals surface area contributed by atoms with Gasteiger partial charge in [0.25, 0.3) is 5.91 Å². The first-order valence-corrected chi connectivity index (χ1v) is 14.1. The minimum Gasteiger partial charge on any atom is -0.492 e. The van der Waals surface area contributed by atoms with Gasteiger partial charge in [0.05, 0.1) is 17.2 Å². The Morgan fingerprint density at radius 1 is 1.14 bits per heavy atom. The van der Waals surface area contributed by atoms with Crippen LogP contribution in [0.25, 0.3) is 0 Å². The highest BCUT2D eigenvalue weighted by Crippen LogP contribution is 2.31. The molecule has 2 amide bonds. The van der Waals surface area contributed by atoms with Crippen molar-refractivity contribution in [1.29, 1.82) is 0 Å². The number of nitrogens with one attached hydrogen (secondary N) is 2. The largest absolute Gasteiger partial charge is 0.492 e. The molecule has 1 aliphatic heterocycles. The summed E-state index contributed by atoms with van der Waals surface area (Å²) in [5, 5.41) is 2.71. The van der Waals surface area contributed by atoms with Gasteiger partial charge in [-0.05, 0) is 58.4 Å². The monoisotopic (exact) mass is 547 g/mol. The highest BCUT2D eigenvalue weighted by atomic mass is 35.5. The lowest BCUT2D eigenvalue weighted by Crippen LogP contribution is -2.50. The van der Waals surface area contributed by atoms with E-state index in [-0.39, 0.29) is 23.9 Å². The molecule has 0 radical (unpaired) electrons. The first-order chi connectivity index (χ1) is 16.8. The first kappa shape index (κ1) is 28.5. The third-order valence-electron chi connectivity index (χ3n) is 6.13. The van der Waals surface area contributed by atoms with Crippen molar-refractivity contribution in [1.82, 2.24) is 14.3 Å². The molecule has 0 bridgehead atoms. The summed E-state index contributed by atoms with van der Waals surface area (Å²) >= 11 is 6.20. The number of hydrogen-bond acceptors (Lipinski definition) is 6. The van der Waals surface area contributed by atoms with E-state index in [0.29, 0.717) is 31.8 Å². The number of benzene rings is 1. The predicted molar refractivity (Wildman–Crippen MR) is 134 cm³/mol. The summed E-state index contributed by atoms with van der Waals surface area (Å²) in [6, 6.07) is 1.57. The van der Waals surface area contributed by atoms with E-state index >= 15 is 0 Å². The lowest BCUT2D eigenvalue weighted by atomic mass is 10.1. The zero-order valence-electron chi connectivity index (χ0n) is 20.9. The Labute approximate surface area is 217 Å². The zero-order valence-corrected chi connectivity index (χ0v) is 22.5. The van der Waals surface area contributed by atoms with Gasteiger partial charge < -0.3 is 14.8 Å². The van der Waals surface area contributed by atoms with Crippen LogP contribution >= 0.6 is 11.6 Å². The number of rotatable bonds is 7. The SMILES string of the molecule is CC(C)(C)OC(=O)N[C@H]1CCCCN(S(=O)(=O)NC(=O)c2cc(Cl)c(OCC3CCCC3)cc2F)C1. The average molecular weight is 548 g/mol. The van der Waals surface area contributed by atoms with Crippen molar-refractivity contribution in [3.63, 3.8) is 0 Å². The standard InChI is InChI=1S/C24H35ClFN3O6S/c1-24(2,3)35-23(31)27-17-10-6-7-11-29(14-17)36(32,33)28-22(30)18-12-19(25)21(13-20(18)26)34-15-16-8-4-5-9-16/h12-13,16-17H,4-11,14-15H2,1-3H3,(H,27,31)(H,28,30)/t17-/m0/s1. The summed E-state index contributed by atoms with van der Waals surface area (Å²) in [6.45, 7) is 5.68. The summed E-state index contributed by atoms with van der Waals surface area (Å²) in [5.74, 6) is -1.57. The third kappa shape index (κ3) is 8.21. The van der Waals surface area contributed by atoms with Crippen molar-refractivity contribution in [3.05, 3.63) is 28.5 Å². The molecule has 2 N–H and O–H groups in total.